The van der Waals surface area contributed by atoms with E-state index in [9.17, 15) is 0 Å². The normalized spacial score (nSPS) is 15.4. The quantitative estimate of drug-likeness (QED) is 0.677. The van der Waals surface area contributed by atoms with Crippen LogP contribution in [0.2, 0.25) is 0 Å². The van der Waals surface area contributed by atoms with E-state index in [2.05, 4.69) is 39.3 Å². The van der Waals surface area contributed by atoms with Crippen LogP contribution in [0.4, 0.5) is 0 Å². The highest BCUT2D eigenvalue weighted by atomic mass is 32.1. The number of hydrogen-bond donors (Lipinski definition) is 0. The van der Waals surface area contributed by atoms with E-state index < -0.39 is 0 Å². The van der Waals surface area contributed by atoms with Crippen LogP contribution in [0.5, 0.6) is 0 Å². The van der Waals surface area contributed by atoms with Gasteiger partial charge in [0.05, 0.1) is 6.67 Å². The number of nitrogens with zero attached hydrogens (tertiary/aromatic N) is 5. The molecule has 3 aromatic rings. The predicted octanol–water partition coefficient (Wildman–Crippen LogP) is 2.95. The highest BCUT2D eigenvalue weighted by molar-refractivity contribution is 7.71. The molecule has 0 atom stereocenters. The summed E-state index contributed by atoms with van der Waals surface area (Å²) >= 11 is 7.32. The van der Waals surface area contributed by atoms with Crippen molar-refractivity contribution in [1.29, 1.82) is 0 Å². The fourth-order valence-electron chi connectivity index (χ4n) is 3.10. The second-order valence-electron chi connectivity index (χ2n) is 5.76. The summed E-state index contributed by atoms with van der Waals surface area (Å²) in [4.78, 5) is 12.9. The van der Waals surface area contributed by atoms with E-state index in [1.165, 1.54) is 10.4 Å². The molecule has 114 valence electrons. The average Bonchev–Trinajstić information content (AvgIpc) is 3.03. The summed E-state index contributed by atoms with van der Waals surface area (Å²) < 4.78 is 4.67. The Balaban J connectivity index is 1.71. The van der Waals surface area contributed by atoms with Crippen LogP contribution >= 0.6 is 23.6 Å². The lowest BCUT2D eigenvalue weighted by Gasteiger charge is -2.27. The molecule has 0 bridgehead atoms. The van der Waals surface area contributed by atoms with E-state index in [4.69, 9.17) is 12.2 Å². The Morgan fingerprint density at radius 2 is 2.18 bits per heavy atom. The van der Waals surface area contributed by atoms with Crippen molar-refractivity contribution in [1.82, 2.24) is 24.1 Å². The summed E-state index contributed by atoms with van der Waals surface area (Å²) in [7, 11) is 0. The molecule has 0 fully saturated rings. The molecule has 1 aliphatic rings. The van der Waals surface area contributed by atoms with Gasteiger partial charge < -0.3 is 0 Å². The Morgan fingerprint density at radius 3 is 3.05 bits per heavy atom. The number of rotatable bonds is 2. The number of thiophene rings is 1. The highest BCUT2D eigenvalue weighted by Crippen LogP contribution is 2.24. The molecule has 0 amide bonds. The lowest BCUT2D eigenvalue weighted by molar-refractivity contribution is 0.185. The molecular formula is C15H17N5S2. The second kappa shape index (κ2) is 5.26. The van der Waals surface area contributed by atoms with E-state index in [1.54, 1.807) is 0 Å². The Labute approximate surface area is 137 Å². The predicted molar refractivity (Wildman–Crippen MR) is 89.7 cm³/mol. The first-order valence-corrected chi connectivity index (χ1v) is 8.62. The second-order valence-corrected chi connectivity index (χ2v) is 7.12. The van der Waals surface area contributed by atoms with E-state index in [0.29, 0.717) is 10.5 Å². The summed E-state index contributed by atoms with van der Waals surface area (Å²) in [5, 5.41) is 2.19. The van der Waals surface area contributed by atoms with Gasteiger partial charge in [-0.3, -0.25) is 4.90 Å². The van der Waals surface area contributed by atoms with Gasteiger partial charge in [0.1, 0.15) is 0 Å². The Hall–Kier alpha value is -1.57. The standard InChI is InChI=1S/C15H17N5S2/c1-10-7-11(2)20-14(16-10)17-15(21)19(20)9-18-5-3-13-12(8-18)4-6-22-13/h4,6-7H,3,5,8-9H2,1-2H3. The molecule has 7 heteroatoms. The van der Waals surface area contributed by atoms with Gasteiger partial charge in [-0.05, 0) is 55.6 Å². The first kappa shape index (κ1) is 14.0. The molecule has 4 rings (SSSR count). The molecule has 3 aromatic heterocycles. The largest absolute Gasteiger partial charge is 0.280 e. The topological polar surface area (TPSA) is 38.4 Å². The third-order valence-electron chi connectivity index (χ3n) is 4.10. The Bertz CT molecular complexity index is 904. The van der Waals surface area contributed by atoms with Gasteiger partial charge in [0.25, 0.3) is 5.78 Å². The molecule has 5 nitrogen and oxygen atoms in total. The summed E-state index contributed by atoms with van der Waals surface area (Å²) in [6.45, 7) is 6.84. The van der Waals surface area contributed by atoms with Crippen molar-refractivity contribution in [2.24, 2.45) is 0 Å². The smallest absolute Gasteiger partial charge is 0.252 e. The van der Waals surface area contributed by atoms with Gasteiger partial charge in [-0.2, -0.15) is 4.98 Å². The SMILES string of the molecule is Cc1cc(C)n2c(n1)nc(=S)n2CN1CCc2sccc2C1. The molecule has 4 heterocycles. The fourth-order valence-corrected chi connectivity index (χ4v) is 4.21. The number of aryl methyl sites for hydroxylation is 2. The molecule has 0 aromatic carbocycles. The zero-order valence-corrected chi connectivity index (χ0v) is 14.2. The summed E-state index contributed by atoms with van der Waals surface area (Å²) in [6, 6.07) is 4.29. The van der Waals surface area contributed by atoms with Gasteiger partial charge in [-0.1, -0.05) is 0 Å². The number of fused-ring (bicyclic) bond motifs is 2. The van der Waals surface area contributed by atoms with Gasteiger partial charge in [0.15, 0.2) is 0 Å². The van der Waals surface area contributed by atoms with Crippen LogP contribution in [0.3, 0.4) is 0 Å². The van der Waals surface area contributed by atoms with E-state index in [0.717, 1.165) is 37.6 Å². The lowest BCUT2D eigenvalue weighted by Crippen LogP contribution is -2.33. The Kier molecular flexibility index (Phi) is 3.36. The maximum absolute atomic E-state index is 5.45. The zero-order chi connectivity index (χ0) is 15.3. The molecule has 0 aliphatic carbocycles. The van der Waals surface area contributed by atoms with Crippen molar-refractivity contribution in [3.8, 4) is 0 Å². The zero-order valence-electron chi connectivity index (χ0n) is 12.6. The van der Waals surface area contributed by atoms with Crippen LogP contribution in [-0.4, -0.2) is 30.6 Å². The highest BCUT2D eigenvalue weighted by Gasteiger charge is 2.19. The average molecular weight is 331 g/mol. The summed E-state index contributed by atoms with van der Waals surface area (Å²) in [6.07, 6.45) is 1.12. The van der Waals surface area contributed by atoms with E-state index >= 15 is 0 Å². The minimum Gasteiger partial charge on any atom is -0.280 e. The van der Waals surface area contributed by atoms with Gasteiger partial charge in [0.2, 0.25) is 4.77 Å². The maximum atomic E-state index is 5.45. The van der Waals surface area contributed by atoms with Gasteiger partial charge in [0, 0.05) is 29.4 Å². The molecule has 0 spiro atoms. The van der Waals surface area contributed by atoms with Crippen LogP contribution < -0.4 is 0 Å². The summed E-state index contributed by atoms with van der Waals surface area (Å²) in [5.74, 6) is 0.690. The molecule has 0 N–H and O–H groups in total. The van der Waals surface area contributed by atoms with Gasteiger partial charge >= 0.3 is 0 Å². The molecule has 0 unspecified atom stereocenters. The molecule has 0 saturated heterocycles. The van der Waals surface area contributed by atoms with Crippen molar-refractivity contribution in [2.75, 3.05) is 6.54 Å². The lowest BCUT2D eigenvalue weighted by atomic mass is 10.1. The van der Waals surface area contributed by atoms with Crippen molar-refractivity contribution >= 4 is 29.3 Å². The van der Waals surface area contributed by atoms with Crippen LogP contribution in [0, 0.1) is 18.6 Å². The molecule has 1 aliphatic heterocycles. The molecule has 0 radical (unpaired) electrons. The van der Waals surface area contributed by atoms with Crippen LogP contribution in [-0.2, 0) is 19.6 Å². The van der Waals surface area contributed by atoms with Crippen molar-refractivity contribution in [3.05, 3.63) is 44.1 Å². The van der Waals surface area contributed by atoms with Crippen LogP contribution in [0.25, 0.3) is 5.78 Å². The third kappa shape index (κ3) is 2.29. The molecule has 0 saturated carbocycles. The minimum atomic E-state index is 0.595. The van der Waals surface area contributed by atoms with Crippen LogP contribution in [0.15, 0.2) is 17.5 Å². The van der Waals surface area contributed by atoms with Crippen LogP contribution in [0.1, 0.15) is 21.8 Å². The van der Waals surface area contributed by atoms with Gasteiger partial charge in [-0.25, -0.2) is 14.2 Å². The number of hydrogen-bond acceptors (Lipinski definition) is 5. The fraction of sp³-hybridized carbons (Fsp3) is 0.400. The van der Waals surface area contributed by atoms with Crippen molar-refractivity contribution < 1.29 is 0 Å². The van der Waals surface area contributed by atoms with E-state index in [1.807, 2.05) is 27.5 Å². The Morgan fingerprint density at radius 1 is 1.32 bits per heavy atom. The maximum Gasteiger partial charge on any atom is 0.252 e. The third-order valence-corrected chi connectivity index (χ3v) is 5.42. The first-order chi connectivity index (χ1) is 10.6. The number of aromatic nitrogens is 4. The minimum absolute atomic E-state index is 0.595. The first-order valence-electron chi connectivity index (χ1n) is 7.33. The van der Waals surface area contributed by atoms with Crippen molar-refractivity contribution in [2.45, 2.75) is 33.5 Å². The summed E-state index contributed by atoms with van der Waals surface area (Å²) in [5.41, 5.74) is 3.53. The van der Waals surface area contributed by atoms with Gasteiger partial charge in [-0.15, -0.1) is 11.3 Å². The molecular weight excluding hydrogens is 314 g/mol. The molecule has 22 heavy (non-hydrogen) atoms. The van der Waals surface area contributed by atoms with Crippen molar-refractivity contribution in [3.63, 3.8) is 0 Å². The van der Waals surface area contributed by atoms with E-state index in [-0.39, 0.29) is 0 Å². The monoisotopic (exact) mass is 331 g/mol.